The topological polar surface area (TPSA) is 89.9 Å². The molecule has 156 valence electrons. The van der Waals surface area contributed by atoms with E-state index in [0.29, 0.717) is 5.75 Å². The van der Waals surface area contributed by atoms with Crippen LogP contribution in [0.15, 0.2) is 58.0 Å². The standard InChI is InChI=1S/C21H21N3O4S2/c1-14(2)28-20(26)12-27-16-9-7-15(8-10-16)11-22-24-19(25)13-29-21-23-17-5-3-4-6-18(17)30-21/h3-11,14H,12-13H2,1-2H3,(H,24,25)/b22-11-. The quantitative estimate of drug-likeness (QED) is 0.234. The van der Waals surface area contributed by atoms with Crippen molar-refractivity contribution < 1.29 is 19.1 Å². The molecule has 1 amide bonds. The van der Waals surface area contributed by atoms with Gasteiger partial charge in [-0.05, 0) is 55.8 Å². The van der Waals surface area contributed by atoms with E-state index in [2.05, 4.69) is 15.5 Å². The molecule has 1 aromatic heterocycles. The molecule has 2 aromatic carbocycles. The minimum Gasteiger partial charge on any atom is -0.482 e. The molecule has 0 atom stereocenters. The van der Waals surface area contributed by atoms with Gasteiger partial charge in [0.25, 0.3) is 5.91 Å². The number of nitrogens with zero attached hydrogens (tertiary/aromatic N) is 2. The van der Waals surface area contributed by atoms with Crippen LogP contribution in [0.4, 0.5) is 0 Å². The third-order valence-electron chi connectivity index (χ3n) is 3.61. The van der Waals surface area contributed by atoms with E-state index < -0.39 is 5.97 Å². The van der Waals surface area contributed by atoms with Crippen molar-refractivity contribution in [2.24, 2.45) is 5.10 Å². The second-order valence-corrected chi connectivity index (χ2v) is 8.68. The van der Waals surface area contributed by atoms with Crippen molar-refractivity contribution >= 4 is 51.4 Å². The van der Waals surface area contributed by atoms with Crippen LogP contribution in [0.1, 0.15) is 19.4 Å². The number of thiazole rings is 1. The molecule has 0 aliphatic carbocycles. The van der Waals surface area contributed by atoms with Crippen molar-refractivity contribution in [3.8, 4) is 5.75 Å². The minimum absolute atomic E-state index is 0.145. The van der Waals surface area contributed by atoms with Crippen LogP contribution in [0.5, 0.6) is 5.75 Å². The van der Waals surface area contributed by atoms with Gasteiger partial charge < -0.3 is 9.47 Å². The Morgan fingerprint density at radius 1 is 1.20 bits per heavy atom. The molecule has 0 aliphatic rings. The first-order chi connectivity index (χ1) is 14.5. The van der Waals surface area contributed by atoms with Gasteiger partial charge in [-0.25, -0.2) is 15.2 Å². The number of fused-ring (bicyclic) bond motifs is 1. The van der Waals surface area contributed by atoms with E-state index in [9.17, 15) is 9.59 Å². The van der Waals surface area contributed by atoms with Gasteiger partial charge in [0.2, 0.25) is 0 Å². The van der Waals surface area contributed by atoms with E-state index in [1.165, 1.54) is 18.0 Å². The fraction of sp³-hybridized carbons (Fsp3) is 0.238. The lowest BCUT2D eigenvalue weighted by Gasteiger charge is -2.09. The van der Waals surface area contributed by atoms with Crippen LogP contribution in [0.3, 0.4) is 0 Å². The number of para-hydroxylation sites is 1. The molecule has 7 nitrogen and oxygen atoms in total. The minimum atomic E-state index is -0.415. The Morgan fingerprint density at radius 3 is 2.70 bits per heavy atom. The number of rotatable bonds is 9. The van der Waals surface area contributed by atoms with Crippen LogP contribution in [-0.2, 0) is 14.3 Å². The number of esters is 1. The van der Waals surface area contributed by atoms with Crippen LogP contribution < -0.4 is 10.2 Å². The second kappa shape index (κ2) is 10.7. The molecule has 0 unspecified atom stereocenters. The summed E-state index contributed by atoms with van der Waals surface area (Å²) in [6, 6.07) is 14.9. The average molecular weight is 444 g/mol. The van der Waals surface area contributed by atoms with Crippen molar-refractivity contribution in [3.63, 3.8) is 0 Å². The summed E-state index contributed by atoms with van der Waals surface area (Å²) in [6.45, 7) is 3.42. The number of amides is 1. The van der Waals surface area contributed by atoms with Crippen LogP contribution in [-0.4, -0.2) is 41.5 Å². The fourth-order valence-corrected chi connectivity index (χ4v) is 4.20. The third kappa shape index (κ3) is 6.85. The highest BCUT2D eigenvalue weighted by Gasteiger charge is 2.08. The largest absolute Gasteiger partial charge is 0.482 e. The number of benzene rings is 2. The van der Waals surface area contributed by atoms with Crippen molar-refractivity contribution in [2.75, 3.05) is 12.4 Å². The molecule has 0 spiro atoms. The Hall–Kier alpha value is -2.91. The van der Waals surface area contributed by atoms with E-state index in [0.717, 1.165) is 20.1 Å². The molecular weight excluding hydrogens is 422 g/mol. The molecule has 3 rings (SSSR count). The van der Waals surface area contributed by atoms with Crippen molar-refractivity contribution in [2.45, 2.75) is 24.3 Å². The first-order valence-electron chi connectivity index (χ1n) is 9.22. The number of hydrogen-bond donors (Lipinski definition) is 1. The summed E-state index contributed by atoms with van der Waals surface area (Å²) in [7, 11) is 0. The molecule has 30 heavy (non-hydrogen) atoms. The Labute approximate surface area is 182 Å². The third-order valence-corrected chi connectivity index (χ3v) is 5.79. The fourth-order valence-electron chi connectivity index (χ4n) is 2.34. The molecule has 0 aliphatic heterocycles. The number of hydrazone groups is 1. The van der Waals surface area contributed by atoms with Crippen LogP contribution in [0, 0.1) is 0 Å². The maximum Gasteiger partial charge on any atom is 0.344 e. The normalized spacial score (nSPS) is 11.2. The number of aromatic nitrogens is 1. The molecule has 1 heterocycles. The Morgan fingerprint density at radius 2 is 1.97 bits per heavy atom. The van der Waals surface area contributed by atoms with Gasteiger partial charge in [0.1, 0.15) is 5.75 Å². The zero-order valence-corrected chi connectivity index (χ0v) is 18.2. The van der Waals surface area contributed by atoms with Crippen molar-refractivity contribution in [1.29, 1.82) is 0 Å². The summed E-state index contributed by atoms with van der Waals surface area (Å²) in [5, 5.41) is 3.96. The Bertz CT molecular complexity index is 999. The van der Waals surface area contributed by atoms with E-state index in [1.807, 2.05) is 24.3 Å². The highest BCUT2D eigenvalue weighted by molar-refractivity contribution is 8.01. The molecule has 0 bridgehead atoms. The van der Waals surface area contributed by atoms with E-state index >= 15 is 0 Å². The SMILES string of the molecule is CC(C)OC(=O)COc1ccc(/C=N\NC(=O)CSc2nc3ccccc3s2)cc1. The summed E-state index contributed by atoms with van der Waals surface area (Å²) in [5.41, 5.74) is 4.22. The molecular formula is C21H21N3O4S2. The van der Waals surface area contributed by atoms with E-state index in [4.69, 9.17) is 9.47 Å². The molecule has 0 saturated carbocycles. The van der Waals surface area contributed by atoms with Gasteiger partial charge in [0.15, 0.2) is 10.9 Å². The number of ether oxygens (including phenoxy) is 2. The van der Waals surface area contributed by atoms with Gasteiger partial charge in [-0.3, -0.25) is 4.79 Å². The summed E-state index contributed by atoms with van der Waals surface area (Å²) < 4.78 is 12.3. The molecule has 0 radical (unpaired) electrons. The molecule has 3 aromatic rings. The highest BCUT2D eigenvalue weighted by Crippen LogP contribution is 2.28. The number of carbonyl (C=O) groups is 2. The predicted molar refractivity (Wildman–Crippen MR) is 119 cm³/mol. The lowest BCUT2D eigenvalue weighted by molar-refractivity contribution is -0.149. The predicted octanol–water partition coefficient (Wildman–Crippen LogP) is 3.87. The summed E-state index contributed by atoms with van der Waals surface area (Å²) >= 11 is 2.94. The molecule has 1 N–H and O–H groups in total. The van der Waals surface area contributed by atoms with Gasteiger partial charge in [0.05, 0.1) is 28.3 Å². The molecule has 9 heteroatoms. The van der Waals surface area contributed by atoms with E-state index in [1.54, 1.807) is 49.4 Å². The maximum atomic E-state index is 12.0. The highest BCUT2D eigenvalue weighted by atomic mass is 32.2. The second-order valence-electron chi connectivity index (χ2n) is 6.43. The lowest BCUT2D eigenvalue weighted by atomic mass is 10.2. The molecule has 0 saturated heterocycles. The zero-order valence-electron chi connectivity index (χ0n) is 16.5. The van der Waals surface area contributed by atoms with Gasteiger partial charge in [-0.2, -0.15) is 5.10 Å². The summed E-state index contributed by atoms with van der Waals surface area (Å²) in [5.74, 6) is 0.154. The number of hydrogen-bond acceptors (Lipinski definition) is 8. The van der Waals surface area contributed by atoms with Crippen molar-refractivity contribution in [1.82, 2.24) is 10.4 Å². The maximum absolute atomic E-state index is 12.0. The summed E-state index contributed by atoms with van der Waals surface area (Å²) in [6.07, 6.45) is 1.37. The number of nitrogens with one attached hydrogen (secondary N) is 1. The monoisotopic (exact) mass is 443 g/mol. The summed E-state index contributed by atoms with van der Waals surface area (Å²) in [4.78, 5) is 27.9. The lowest BCUT2D eigenvalue weighted by Crippen LogP contribution is -2.19. The number of carbonyl (C=O) groups excluding carboxylic acids is 2. The van der Waals surface area contributed by atoms with Crippen LogP contribution >= 0.6 is 23.1 Å². The van der Waals surface area contributed by atoms with Gasteiger partial charge in [-0.1, -0.05) is 23.9 Å². The van der Waals surface area contributed by atoms with Crippen LogP contribution in [0.2, 0.25) is 0 Å². The van der Waals surface area contributed by atoms with Gasteiger partial charge >= 0.3 is 5.97 Å². The molecule has 0 fully saturated rings. The first-order valence-corrected chi connectivity index (χ1v) is 11.0. The smallest absolute Gasteiger partial charge is 0.344 e. The Balaban J connectivity index is 1.40. The van der Waals surface area contributed by atoms with E-state index in [-0.39, 0.29) is 24.4 Å². The first kappa shape index (κ1) is 21.8. The van der Waals surface area contributed by atoms with Gasteiger partial charge in [-0.15, -0.1) is 11.3 Å². The zero-order chi connectivity index (χ0) is 21.3. The van der Waals surface area contributed by atoms with Crippen LogP contribution in [0.25, 0.3) is 10.2 Å². The number of thioether (sulfide) groups is 1. The van der Waals surface area contributed by atoms with Crippen molar-refractivity contribution in [3.05, 3.63) is 54.1 Å². The average Bonchev–Trinajstić information content (AvgIpc) is 3.14. The Kier molecular flexibility index (Phi) is 7.81. The van der Waals surface area contributed by atoms with Gasteiger partial charge in [0, 0.05) is 0 Å².